The monoisotopic (exact) mass is 186 g/mol. The van der Waals surface area contributed by atoms with Crippen LogP contribution in [0.3, 0.4) is 0 Å². The quantitative estimate of drug-likeness (QED) is 0.657. The van der Waals surface area contributed by atoms with Crippen LogP contribution in [0.25, 0.3) is 0 Å². The molecule has 1 saturated carbocycles. The van der Waals surface area contributed by atoms with E-state index in [0.29, 0.717) is 11.3 Å². The van der Waals surface area contributed by atoms with E-state index < -0.39 is 5.60 Å². The maximum atomic E-state index is 9.81. The molecule has 0 spiro atoms. The standard InChI is InChI=1S/C11H22O2/c1-10(2,3)9-4-6-11(13,8-12)7-5-9/h9,12-13H,4-8H2,1-3H3/t9-,11+. The van der Waals surface area contributed by atoms with Gasteiger partial charge in [-0.15, -0.1) is 0 Å². The van der Waals surface area contributed by atoms with Gasteiger partial charge in [0.05, 0.1) is 12.2 Å². The van der Waals surface area contributed by atoms with Gasteiger partial charge in [0.25, 0.3) is 0 Å². The van der Waals surface area contributed by atoms with E-state index in [1.165, 1.54) is 0 Å². The number of aliphatic hydroxyl groups excluding tert-OH is 1. The van der Waals surface area contributed by atoms with E-state index in [1.807, 2.05) is 0 Å². The molecule has 0 amide bonds. The van der Waals surface area contributed by atoms with Gasteiger partial charge in [-0.1, -0.05) is 20.8 Å². The highest BCUT2D eigenvalue weighted by Crippen LogP contribution is 2.41. The molecule has 0 aliphatic heterocycles. The third kappa shape index (κ3) is 2.68. The summed E-state index contributed by atoms with van der Waals surface area (Å²) >= 11 is 0. The molecule has 0 unspecified atom stereocenters. The van der Waals surface area contributed by atoms with Crippen LogP contribution in [-0.4, -0.2) is 22.4 Å². The van der Waals surface area contributed by atoms with E-state index >= 15 is 0 Å². The van der Waals surface area contributed by atoms with Crippen LogP contribution in [0.4, 0.5) is 0 Å². The zero-order chi connectivity index (χ0) is 10.1. The third-order valence-corrected chi connectivity index (χ3v) is 3.44. The molecule has 2 nitrogen and oxygen atoms in total. The van der Waals surface area contributed by atoms with Crippen LogP contribution >= 0.6 is 0 Å². The third-order valence-electron chi connectivity index (χ3n) is 3.44. The van der Waals surface area contributed by atoms with E-state index in [2.05, 4.69) is 20.8 Å². The highest BCUT2D eigenvalue weighted by Gasteiger charge is 2.36. The summed E-state index contributed by atoms with van der Waals surface area (Å²) in [7, 11) is 0. The van der Waals surface area contributed by atoms with Crippen molar-refractivity contribution in [2.75, 3.05) is 6.61 Å². The average Bonchev–Trinajstić information content (AvgIpc) is 2.04. The zero-order valence-corrected chi connectivity index (χ0v) is 9.01. The Morgan fingerprint density at radius 2 is 1.69 bits per heavy atom. The molecule has 0 saturated heterocycles. The Morgan fingerprint density at radius 1 is 1.23 bits per heavy atom. The van der Waals surface area contributed by atoms with Gasteiger partial charge in [-0.25, -0.2) is 0 Å². The summed E-state index contributed by atoms with van der Waals surface area (Å²) in [5, 5.41) is 18.8. The first kappa shape index (κ1) is 11.0. The summed E-state index contributed by atoms with van der Waals surface area (Å²) in [5.74, 6) is 0.694. The second-order valence-electron chi connectivity index (χ2n) is 5.52. The summed E-state index contributed by atoms with van der Waals surface area (Å²) in [5.41, 5.74) is -0.432. The van der Waals surface area contributed by atoms with Crippen molar-refractivity contribution in [2.24, 2.45) is 11.3 Å². The highest BCUT2D eigenvalue weighted by atomic mass is 16.3. The molecule has 13 heavy (non-hydrogen) atoms. The van der Waals surface area contributed by atoms with Crippen LogP contribution in [0.15, 0.2) is 0 Å². The Hall–Kier alpha value is -0.0800. The van der Waals surface area contributed by atoms with Crippen LogP contribution in [0.5, 0.6) is 0 Å². The highest BCUT2D eigenvalue weighted by molar-refractivity contribution is 4.88. The Balaban J connectivity index is 2.48. The van der Waals surface area contributed by atoms with Crippen molar-refractivity contribution >= 4 is 0 Å². The second kappa shape index (κ2) is 3.58. The molecule has 78 valence electrons. The van der Waals surface area contributed by atoms with Gasteiger partial charge in [-0.05, 0) is 37.0 Å². The lowest BCUT2D eigenvalue weighted by Crippen LogP contribution is -2.40. The summed E-state index contributed by atoms with van der Waals surface area (Å²) in [4.78, 5) is 0. The van der Waals surface area contributed by atoms with Crippen molar-refractivity contribution < 1.29 is 10.2 Å². The van der Waals surface area contributed by atoms with Crippen molar-refractivity contribution in [3.63, 3.8) is 0 Å². The first-order valence-electron chi connectivity index (χ1n) is 5.21. The van der Waals surface area contributed by atoms with Gasteiger partial charge in [0.1, 0.15) is 0 Å². The van der Waals surface area contributed by atoms with E-state index in [-0.39, 0.29) is 6.61 Å². The molecule has 1 rings (SSSR count). The van der Waals surface area contributed by atoms with Gasteiger partial charge < -0.3 is 10.2 Å². The lowest BCUT2D eigenvalue weighted by molar-refractivity contribution is -0.0620. The van der Waals surface area contributed by atoms with Crippen LogP contribution in [0.2, 0.25) is 0 Å². The first-order valence-corrected chi connectivity index (χ1v) is 5.21. The van der Waals surface area contributed by atoms with E-state index in [4.69, 9.17) is 5.11 Å². The van der Waals surface area contributed by atoms with Crippen molar-refractivity contribution in [2.45, 2.75) is 52.1 Å². The van der Waals surface area contributed by atoms with Crippen LogP contribution < -0.4 is 0 Å². The van der Waals surface area contributed by atoms with Gasteiger partial charge in [0, 0.05) is 0 Å². The first-order chi connectivity index (χ1) is 5.87. The number of rotatable bonds is 1. The molecule has 0 radical (unpaired) electrons. The van der Waals surface area contributed by atoms with Crippen LogP contribution in [-0.2, 0) is 0 Å². The minimum atomic E-state index is -0.776. The molecule has 0 aromatic carbocycles. The van der Waals surface area contributed by atoms with Gasteiger partial charge in [0.2, 0.25) is 0 Å². The largest absolute Gasteiger partial charge is 0.393 e. The molecule has 0 heterocycles. The Kier molecular flexibility index (Phi) is 3.03. The smallest absolute Gasteiger partial charge is 0.0877 e. The average molecular weight is 186 g/mol. The van der Waals surface area contributed by atoms with Crippen molar-refractivity contribution in [1.29, 1.82) is 0 Å². The fraction of sp³-hybridized carbons (Fsp3) is 1.00. The SMILES string of the molecule is CC(C)(C)[C@H]1CC[C@](O)(CO)CC1. The lowest BCUT2D eigenvalue weighted by atomic mass is 9.68. The fourth-order valence-electron chi connectivity index (χ4n) is 2.18. The van der Waals surface area contributed by atoms with Crippen LogP contribution in [0.1, 0.15) is 46.5 Å². The fourth-order valence-corrected chi connectivity index (χ4v) is 2.18. The maximum absolute atomic E-state index is 9.81. The minimum absolute atomic E-state index is 0.0795. The van der Waals surface area contributed by atoms with Crippen LogP contribution in [0, 0.1) is 11.3 Å². The summed E-state index contributed by atoms with van der Waals surface area (Å²) in [6.07, 6.45) is 3.60. The summed E-state index contributed by atoms with van der Waals surface area (Å²) in [6.45, 7) is 6.67. The molecule has 1 aliphatic carbocycles. The number of hydrogen-bond acceptors (Lipinski definition) is 2. The van der Waals surface area contributed by atoms with Gasteiger partial charge in [-0.3, -0.25) is 0 Å². The Labute approximate surface area is 81.0 Å². The maximum Gasteiger partial charge on any atom is 0.0877 e. The molecule has 0 aromatic rings. The molecule has 2 N–H and O–H groups in total. The molecule has 0 aromatic heterocycles. The predicted molar refractivity (Wildman–Crippen MR) is 53.4 cm³/mol. The second-order valence-corrected chi connectivity index (χ2v) is 5.52. The van der Waals surface area contributed by atoms with Gasteiger partial charge in [-0.2, -0.15) is 0 Å². The predicted octanol–water partition coefficient (Wildman–Crippen LogP) is 1.95. The van der Waals surface area contributed by atoms with E-state index in [1.54, 1.807) is 0 Å². The summed E-state index contributed by atoms with van der Waals surface area (Å²) < 4.78 is 0. The molecular formula is C11H22O2. The molecule has 0 atom stereocenters. The normalized spacial score (nSPS) is 36.2. The zero-order valence-electron chi connectivity index (χ0n) is 9.01. The Morgan fingerprint density at radius 3 is 2.00 bits per heavy atom. The van der Waals surface area contributed by atoms with E-state index in [9.17, 15) is 5.11 Å². The van der Waals surface area contributed by atoms with Crippen molar-refractivity contribution in [1.82, 2.24) is 0 Å². The minimum Gasteiger partial charge on any atom is -0.393 e. The number of hydrogen-bond donors (Lipinski definition) is 2. The van der Waals surface area contributed by atoms with Gasteiger partial charge in [0.15, 0.2) is 0 Å². The Bertz CT molecular complexity index is 161. The summed E-state index contributed by atoms with van der Waals surface area (Å²) in [6, 6.07) is 0. The van der Waals surface area contributed by atoms with Gasteiger partial charge >= 0.3 is 0 Å². The molecule has 0 bridgehead atoms. The molecule has 2 heteroatoms. The number of aliphatic hydroxyl groups is 2. The van der Waals surface area contributed by atoms with Crippen molar-refractivity contribution in [3.8, 4) is 0 Å². The molecular weight excluding hydrogens is 164 g/mol. The lowest BCUT2D eigenvalue weighted by Gasteiger charge is -2.40. The van der Waals surface area contributed by atoms with E-state index in [0.717, 1.165) is 25.7 Å². The van der Waals surface area contributed by atoms with Crippen molar-refractivity contribution in [3.05, 3.63) is 0 Å². The molecule has 1 fully saturated rings. The topological polar surface area (TPSA) is 40.5 Å². The molecule has 1 aliphatic rings.